The number of hydrogen-bond donors (Lipinski definition) is 1. The summed E-state index contributed by atoms with van der Waals surface area (Å²) < 4.78 is 32.8. The van der Waals surface area contributed by atoms with Crippen LogP contribution in [0.5, 0.6) is 0 Å². The molecule has 1 N–H and O–H groups in total. The molecular formula is C18H20ClN5O4S. The molecule has 3 aromatic rings. The van der Waals surface area contributed by atoms with Gasteiger partial charge in [0, 0.05) is 45.1 Å². The fraction of sp³-hybridized carbons (Fsp3) is 0.333. The SMILES string of the molecule is CNS(=O)(=O)c1ccc(C(=O)N2CCN(Cc3cn4cc(Cl)ccc4n3)CC2)o1. The van der Waals surface area contributed by atoms with E-state index in [0.717, 1.165) is 11.3 Å². The number of piperazine rings is 1. The molecule has 154 valence electrons. The summed E-state index contributed by atoms with van der Waals surface area (Å²) in [5, 5.41) is 0.381. The fourth-order valence-corrected chi connectivity index (χ4v) is 4.08. The number of halogens is 1. The third kappa shape index (κ3) is 4.15. The number of carbonyl (C=O) groups excluding carboxylic acids is 1. The molecule has 1 aliphatic rings. The zero-order chi connectivity index (χ0) is 20.6. The predicted octanol–water partition coefficient (Wildman–Crippen LogP) is 1.45. The van der Waals surface area contributed by atoms with Crippen molar-refractivity contribution in [1.82, 2.24) is 23.9 Å². The second-order valence-corrected chi connectivity index (χ2v) is 8.99. The number of hydrogen-bond acceptors (Lipinski definition) is 6. The van der Waals surface area contributed by atoms with Crippen molar-refractivity contribution in [2.24, 2.45) is 0 Å². The van der Waals surface area contributed by atoms with Crippen molar-refractivity contribution in [2.45, 2.75) is 11.6 Å². The number of pyridine rings is 1. The van der Waals surface area contributed by atoms with Crippen LogP contribution < -0.4 is 4.72 Å². The molecule has 1 saturated heterocycles. The van der Waals surface area contributed by atoms with Gasteiger partial charge in [0.15, 0.2) is 5.76 Å². The first-order valence-electron chi connectivity index (χ1n) is 9.04. The average Bonchev–Trinajstić information content (AvgIpc) is 3.35. The number of amides is 1. The number of aromatic nitrogens is 2. The number of nitrogens with zero attached hydrogens (tertiary/aromatic N) is 4. The number of nitrogens with one attached hydrogen (secondary N) is 1. The highest BCUT2D eigenvalue weighted by molar-refractivity contribution is 7.89. The maximum absolute atomic E-state index is 12.6. The molecule has 11 heteroatoms. The van der Waals surface area contributed by atoms with Crippen molar-refractivity contribution in [1.29, 1.82) is 0 Å². The summed E-state index contributed by atoms with van der Waals surface area (Å²) in [7, 11) is -2.42. The summed E-state index contributed by atoms with van der Waals surface area (Å²) in [5.74, 6) is -0.297. The Morgan fingerprint density at radius 2 is 1.93 bits per heavy atom. The van der Waals surface area contributed by atoms with E-state index in [9.17, 15) is 13.2 Å². The molecule has 1 amide bonds. The van der Waals surface area contributed by atoms with E-state index in [2.05, 4.69) is 14.6 Å². The number of furan rings is 1. The minimum atomic E-state index is -3.71. The zero-order valence-corrected chi connectivity index (χ0v) is 17.3. The quantitative estimate of drug-likeness (QED) is 0.648. The van der Waals surface area contributed by atoms with Crippen molar-refractivity contribution < 1.29 is 17.6 Å². The van der Waals surface area contributed by atoms with E-state index in [1.54, 1.807) is 11.0 Å². The largest absolute Gasteiger partial charge is 0.438 e. The highest BCUT2D eigenvalue weighted by Crippen LogP contribution is 2.17. The van der Waals surface area contributed by atoms with Gasteiger partial charge in [-0.3, -0.25) is 9.69 Å². The van der Waals surface area contributed by atoms with Gasteiger partial charge in [-0.15, -0.1) is 0 Å². The Bertz CT molecular complexity index is 1150. The number of fused-ring (bicyclic) bond motifs is 1. The molecule has 0 aromatic carbocycles. The second-order valence-electron chi connectivity index (χ2n) is 6.74. The molecule has 0 radical (unpaired) electrons. The summed E-state index contributed by atoms with van der Waals surface area (Å²) in [6.07, 6.45) is 3.77. The van der Waals surface area contributed by atoms with E-state index in [-0.39, 0.29) is 16.8 Å². The van der Waals surface area contributed by atoms with Crippen molar-refractivity contribution in [2.75, 3.05) is 33.2 Å². The van der Waals surface area contributed by atoms with Gasteiger partial charge in [0.25, 0.3) is 15.9 Å². The first-order chi connectivity index (χ1) is 13.9. The number of sulfonamides is 1. The van der Waals surface area contributed by atoms with Gasteiger partial charge in [-0.2, -0.15) is 0 Å². The monoisotopic (exact) mass is 437 g/mol. The van der Waals surface area contributed by atoms with E-state index >= 15 is 0 Å². The van der Waals surface area contributed by atoms with Crippen molar-refractivity contribution in [3.63, 3.8) is 0 Å². The molecule has 0 bridgehead atoms. The Hall–Kier alpha value is -2.40. The van der Waals surface area contributed by atoms with Crippen LogP contribution in [-0.4, -0.2) is 66.7 Å². The van der Waals surface area contributed by atoms with Gasteiger partial charge >= 0.3 is 0 Å². The van der Waals surface area contributed by atoms with Gasteiger partial charge in [0.1, 0.15) is 5.65 Å². The molecule has 9 nitrogen and oxygen atoms in total. The standard InChI is InChI=1S/C18H20ClN5O4S/c1-20-29(26,27)17-5-3-15(28-17)18(25)23-8-6-22(7-9-23)11-14-12-24-10-13(19)2-4-16(24)21-14/h2-5,10,12,20H,6-9,11H2,1H3. The molecule has 3 aromatic heterocycles. The van der Waals surface area contributed by atoms with Crippen LogP contribution in [0.1, 0.15) is 16.2 Å². The Morgan fingerprint density at radius 1 is 1.17 bits per heavy atom. The van der Waals surface area contributed by atoms with Crippen LogP contribution in [0.4, 0.5) is 0 Å². The minimum absolute atomic E-state index is 0.0181. The molecule has 0 aliphatic carbocycles. The Kier molecular flexibility index (Phi) is 5.34. The Balaban J connectivity index is 1.37. The lowest BCUT2D eigenvalue weighted by atomic mass is 10.2. The van der Waals surface area contributed by atoms with Crippen LogP contribution in [0.15, 0.2) is 46.2 Å². The maximum Gasteiger partial charge on any atom is 0.289 e. The summed E-state index contributed by atoms with van der Waals surface area (Å²) in [5.41, 5.74) is 1.77. The Labute approximate surface area is 172 Å². The van der Waals surface area contributed by atoms with Gasteiger partial charge in [-0.1, -0.05) is 11.6 Å². The van der Waals surface area contributed by atoms with Crippen LogP contribution >= 0.6 is 11.6 Å². The smallest absolute Gasteiger partial charge is 0.289 e. The third-order valence-electron chi connectivity index (χ3n) is 4.84. The zero-order valence-electron chi connectivity index (χ0n) is 15.7. The van der Waals surface area contributed by atoms with Gasteiger partial charge < -0.3 is 13.7 Å². The predicted molar refractivity (Wildman–Crippen MR) is 106 cm³/mol. The minimum Gasteiger partial charge on any atom is -0.438 e. The van der Waals surface area contributed by atoms with E-state index < -0.39 is 10.0 Å². The van der Waals surface area contributed by atoms with E-state index in [0.29, 0.717) is 37.7 Å². The van der Waals surface area contributed by atoms with Gasteiger partial charge in [0.2, 0.25) is 5.09 Å². The lowest BCUT2D eigenvalue weighted by Gasteiger charge is -2.33. The normalized spacial score (nSPS) is 15.9. The second kappa shape index (κ2) is 7.79. The fourth-order valence-electron chi connectivity index (χ4n) is 3.27. The molecule has 1 aliphatic heterocycles. The summed E-state index contributed by atoms with van der Waals surface area (Å²) in [6, 6.07) is 6.35. The van der Waals surface area contributed by atoms with Crippen molar-refractivity contribution >= 4 is 33.2 Å². The summed E-state index contributed by atoms with van der Waals surface area (Å²) in [4.78, 5) is 21.1. The summed E-state index contributed by atoms with van der Waals surface area (Å²) in [6.45, 7) is 3.08. The van der Waals surface area contributed by atoms with E-state index in [1.807, 2.05) is 22.9 Å². The highest BCUT2D eigenvalue weighted by atomic mass is 35.5. The first-order valence-corrected chi connectivity index (χ1v) is 10.9. The van der Waals surface area contributed by atoms with Gasteiger partial charge in [-0.25, -0.2) is 18.1 Å². The Morgan fingerprint density at radius 3 is 2.66 bits per heavy atom. The summed E-state index contributed by atoms with van der Waals surface area (Å²) >= 11 is 6.01. The lowest BCUT2D eigenvalue weighted by molar-refractivity contribution is 0.0591. The van der Waals surface area contributed by atoms with Crippen LogP contribution in [0.25, 0.3) is 5.65 Å². The molecule has 4 heterocycles. The first kappa shape index (κ1) is 19.9. The molecule has 0 spiro atoms. The van der Waals surface area contributed by atoms with Crippen LogP contribution in [0.2, 0.25) is 5.02 Å². The van der Waals surface area contributed by atoms with Crippen LogP contribution in [0, 0.1) is 0 Å². The molecule has 0 atom stereocenters. The van der Waals surface area contributed by atoms with Crippen molar-refractivity contribution in [3.05, 3.63) is 53.1 Å². The van der Waals surface area contributed by atoms with E-state index in [1.165, 1.54) is 19.2 Å². The average molecular weight is 438 g/mol. The number of imidazole rings is 1. The van der Waals surface area contributed by atoms with Gasteiger partial charge in [-0.05, 0) is 31.3 Å². The molecule has 29 heavy (non-hydrogen) atoms. The van der Waals surface area contributed by atoms with Crippen LogP contribution in [-0.2, 0) is 16.6 Å². The molecule has 0 saturated carbocycles. The molecule has 1 fully saturated rings. The van der Waals surface area contributed by atoms with Crippen molar-refractivity contribution in [3.8, 4) is 0 Å². The lowest BCUT2D eigenvalue weighted by Crippen LogP contribution is -2.48. The number of rotatable bonds is 5. The molecular weight excluding hydrogens is 418 g/mol. The topological polar surface area (TPSA) is 100 Å². The maximum atomic E-state index is 12.6. The third-order valence-corrected chi connectivity index (χ3v) is 6.35. The van der Waals surface area contributed by atoms with E-state index in [4.69, 9.17) is 16.0 Å². The van der Waals surface area contributed by atoms with Crippen LogP contribution in [0.3, 0.4) is 0 Å². The molecule has 0 unspecified atom stereocenters. The molecule has 4 rings (SSSR count). The van der Waals surface area contributed by atoms with Gasteiger partial charge in [0.05, 0.1) is 10.7 Å². The number of carbonyl (C=O) groups is 1. The highest BCUT2D eigenvalue weighted by Gasteiger charge is 2.26.